The molecule has 1 aliphatic rings. The number of carboxylic acids is 1. The monoisotopic (exact) mass is 311 g/mol. The molecule has 1 aliphatic heterocycles. The molecule has 0 aromatic heterocycles. The lowest BCUT2D eigenvalue weighted by Crippen LogP contribution is -2.41. The summed E-state index contributed by atoms with van der Waals surface area (Å²) in [5.41, 5.74) is 0. The van der Waals surface area contributed by atoms with E-state index in [9.17, 15) is 9.59 Å². The number of carbonyl (C=O) groups is 2. The third kappa shape index (κ3) is 4.93. The van der Waals surface area contributed by atoms with Crippen LogP contribution in [-0.4, -0.2) is 41.6 Å². The van der Waals surface area contributed by atoms with E-state index in [4.69, 9.17) is 21.4 Å². The second-order valence-electron chi connectivity index (χ2n) is 5.16. The van der Waals surface area contributed by atoms with Gasteiger partial charge in [0.1, 0.15) is 5.75 Å². The van der Waals surface area contributed by atoms with Crippen LogP contribution in [0.4, 0.5) is 0 Å². The second-order valence-corrected chi connectivity index (χ2v) is 5.60. The molecule has 0 spiro atoms. The predicted molar refractivity (Wildman–Crippen MR) is 78.5 cm³/mol. The van der Waals surface area contributed by atoms with Crippen molar-refractivity contribution in [2.75, 3.05) is 19.7 Å². The first-order chi connectivity index (χ1) is 10.0. The minimum atomic E-state index is -0.772. The molecular formula is C15H18ClNO4. The SMILES string of the molecule is O=C(O)CC1CCN(C(=O)COc2ccc(Cl)cc2)CC1. The fraction of sp³-hybridized carbons (Fsp3) is 0.467. The molecule has 0 bridgehead atoms. The normalized spacial score (nSPS) is 15.8. The Balaban J connectivity index is 1.74. The maximum absolute atomic E-state index is 12.0. The van der Waals surface area contributed by atoms with Gasteiger partial charge in [-0.1, -0.05) is 11.6 Å². The van der Waals surface area contributed by atoms with E-state index in [1.54, 1.807) is 29.2 Å². The van der Waals surface area contributed by atoms with Crippen LogP contribution >= 0.6 is 11.6 Å². The Labute approximate surface area is 128 Å². The third-order valence-electron chi connectivity index (χ3n) is 3.61. The van der Waals surface area contributed by atoms with Gasteiger partial charge in [-0.3, -0.25) is 9.59 Å². The minimum Gasteiger partial charge on any atom is -0.484 e. The number of nitrogens with zero attached hydrogens (tertiary/aromatic N) is 1. The Morgan fingerprint density at radius 3 is 2.43 bits per heavy atom. The van der Waals surface area contributed by atoms with E-state index in [2.05, 4.69) is 0 Å². The van der Waals surface area contributed by atoms with Crippen LogP contribution in [0, 0.1) is 5.92 Å². The molecule has 1 fully saturated rings. The van der Waals surface area contributed by atoms with E-state index in [1.165, 1.54) is 0 Å². The Hall–Kier alpha value is -1.75. The van der Waals surface area contributed by atoms with Gasteiger partial charge in [0, 0.05) is 24.5 Å². The number of carboxylic acid groups (broad SMARTS) is 1. The van der Waals surface area contributed by atoms with Crippen molar-refractivity contribution in [3.8, 4) is 5.75 Å². The Kier molecular flexibility index (Phi) is 5.44. The first kappa shape index (κ1) is 15.6. The molecule has 0 unspecified atom stereocenters. The van der Waals surface area contributed by atoms with E-state index < -0.39 is 5.97 Å². The topological polar surface area (TPSA) is 66.8 Å². The quantitative estimate of drug-likeness (QED) is 0.907. The van der Waals surface area contributed by atoms with Gasteiger partial charge in [-0.25, -0.2) is 0 Å². The molecule has 1 aromatic carbocycles. The largest absolute Gasteiger partial charge is 0.484 e. The highest BCUT2D eigenvalue weighted by molar-refractivity contribution is 6.30. The summed E-state index contributed by atoms with van der Waals surface area (Å²) in [7, 11) is 0. The van der Waals surface area contributed by atoms with Crippen molar-refractivity contribution in [2.45, 2.75) is 19.3 Å². The Bertz CT molecular complexity index is 495. The summed E-state index contributed by atoms with van der Waals surface area (Å²) in [4.78, 5) is 24.4. The number of halogens is 1. The number of ether oxygens (including phenoxy) is 1. The summed E-state index contributed by atoms with van der Waals surface area (Å²) >= 11 is 5.77. The van der Waals surface area contributed by atoms with Gasteiger partial charge in [0.15, 0.2) is 6.61 Å². The van der Waals surface area contributed by atoms with Crippen molar-refractivity contribution in [2.24, 2.45) is 5.92 Å². The van der Waals surface area contributed by atoms with Crippen molar-refractivity contribution >= 4 is 23.5 Å². The highest BCUT2D eigenvalue weighted by Crippen LogP contribution is 2.21. The van der Waals surface area contributed by atoms with Crippen LogP contribution in [0.2, 0.25) is 5.02 Å². The molecule has 21 heavy (non-hydrogen) atoms. The maximum atomic E-state index is 12.0. The van der Waals surface area contributed by atoms with Gasteiger partial charge in [0.25, 0.3) is 5.91 Å². The summed E-state index contributed by atoms with van der Waals surface area (Å²) in [6, 6.07) is 6.85. The maximum Gasteiger partial charge on any atom is 0.303 e. The van der Waals surface area contributed by atoms with Gasteiger partial charge in [0.05, 0.1) is 0 Å². The second kappa shape index (κ2) is 7.31. The number of benzene rings is 1. The average Bonchev–Trinajstić information content (AvgIpc) is 2.46. The number of amides is 1. The summed E-state index contributed by atoms with van der Waals surface area (Å²) in [5, 5.41) is 9.38. The van der Waals surface area contributed by atoms with Crippen molar-refractivity contribution in [3.63, 3.8) is 0 Å². The molecule has 114 valence electrons. The first-order valence-electron chi connectivity index (χ1n) is 6.92. The summed E-state index contributed by atoms with van der Waals surface area (Å²) < 4.78 is 5.42. The summed E-state index contributed by atoms with van der Waals surface area (Å²) in [6.07, 6.45) is 1.65. The molecule has 5 nitrogen and oxygen atoms in total. The highest BCUT2D eigenvalue weighted by atomic mass is 35.5. The zero-order chi connectivity index (χ0) is 15.2. The molecule has 1 aromatic rings. The zero-order valence-electron chi connectivity index (χ0n) is 11.6. The van der Waals surface area contributed by atoms with Crippen molar-refractivity contribution < 1.29 is 19.4 Å². The van der Waals surface area contributed by atoms with Gasteiger partial charge in [-0.05, 0) is 43.0 Å². The lowest BCUT2D eigenvalue weighted by molar-refractivity contribution is -0.139. The zero-order valence-corrected chi connectivity index (χ0v) is 12.4. The molecule has 1 saturated heterocycles. The highest BCUT2D eigenvalue weighted by Gasteiger charge is 2.24. The van der Waals surface area contributed by atoms with Crippen molar-refractivity contribution in [1.29, 1.82) is 0 Å². The number of carbonyl (C=O) groups excluding carboxylic acids is 1. The number of hydrogen-bond acceptors (Lipinski definition) is 3. The van der Waals surface area contributed by atoms with E-state index in [0.29, 0.717) is 23.9 Å². The predicted octanol–water partition coefficient (Wildman–Crippen LogP) is 2.43. The van der Waals surface area contributed by atoms with Gasteiger partial charge < -0.3 is 14.7 Å². The van der Waals surface area contributed by atoms with E-state index in [-0.39, 0.29) is 24.9 Å². The van der Waals surface area contributed by atoms with Crippen LogP contribution in [0.1, 0.15) is 19.3 Å². The molecule has 2 rings (SSSR count). The van der Waals surface area contributed by atoms with E-state index in [0.717, 1.165) is 12.8 Å². The first-order valence-corrected chi connectivity index (χ1v) is 7.30. The number of hydrogen-bond donors (Lipinski definition) is 1. The van der Waals surface area contributed by atoms with E-state index >= 15 is 0 Å². The lowest BCUT2D eigenvalue weighted by Gasteiger charge is -2.31. The number of piperidine rings is 1. The number of rotatable bonds is 5. The van der Waals surface area contributed by atoms with Crippen LogP contribution in [0.3, 0.4) is 0 Å². The molecule has 0 saturated carbocycles. The van der Waals surface area contributed by atoms with Crippen LogP contribution in [-0.2, 0) is 9.59 Å². The van der Waals surface area contributed by atoms with Gasteiger partial charge in [0.2, 0.25) is 0 Å². The smallest absolute Gasteiger partial charge is 0.303 e. The molecule has 1 heterocycles. The fourth-order valence-electron chi connectivity index (χ4n) is 2.40. The minimum absolute atomic E-state index is 0.00870. The van der Waals surface area contributed by atoms with Crippen LogP contribution in [0.5, 0.6) is 5.75 Å². The van der Waals surface area contributed by atoms with Gasteiger partial charge in [-0.2, -0.15) is 0 Å². The van der Waals surface area contributed by atoms with Crippen molar-refractivity contribution in [3.05, 3.63) is 29.3 Å². The van der Waals surface area contributed by atoms with Crippen LogP contribution in [0.15, 0.2) is 24.3 Å². The fourth-order valence-corrected chi connectivity index (χ4v) is 2.53. The molecule has 0 radical (unpaired) electrons. The lowest BCUT2D eigenvalue weighted by atomic mass is 9.94. The Morgan fingerprint density at radius 1 is 1.24 bits per heavy atom. The molecule has 1 N–H and O–H groups in total. The molecule has 0 aliphatic carbocycles. The number of likely N-dealkylation sites (tertiary alicyclic amines) is 1. The summed E-state index contributed by atoms with van der Waals surface area (Å²) in [5.74, 6) is -0.0678. The van der Waals surface area contributed by atoms with Gasteiger partial charge in [-0.15, -0.1) is 0 Å². The average molecular weight is 312 g/mol. The van der Waals surface area contributed by atoms with E-state index in [1.807, 2.05) is 0 Å². The standard InChI is InChI=1S/C15H18ClNO4/c16-12-1-3-13(4-2-12)21-10-14(18)17-7-5-11(6-8-17)9-15(19)20/h1-4,11H,5-10H2,(H,19,20). The van der Waals surface area contributed by atoms with Crippen LogP contribution in [0.25, 0.3) is 0 Å². The molecule has 0 atom stereocenters. The number of aliphatic carboxylic acids is 1. The van der Waals surface area contributed by atoms with Gasteiger partial charge >= 0.3 is 5.97 Å². The van der Waals surface area contributed by atoms with Crippen LogP contribution < -0.4 is 4.74 Å². The Morgan fingerprint density at radius 2 is 1.86 bits per heavy atom. The summed E-state index contributed by atoms with van der Waals surface area (Å²) in [6.45, 7) is 1.19. The third-order valence-corrected chi connectivity index (χ3v) is 3.86. The molecular weight excluding hydrogens is 294 g/mol. The molecule has 1 amide bonds. The van der Waals surface area contributed by atoms with Crippen molar-refractivity contribution in [1.82, 2.24) is 4.90 Å². The molecule has 6 heteroatoms.